The van der Waals surface area contributed by atoms with Crippen molar-refractivity contribution in [2.75, 3.05) is 19.8 Å². The Morgan fingerprint density at radius 1 is 0.645 bits per heavy atom. The van der Waals surface area contributed by atoms with E-state index >= 15 is 0 Å². The molecule has 0 heterocycles. The molecular formula is C26H49NO4. The number of unbranched alkanes of at least 4 members (excludes halogenated alkanes) is 15. The molecule has 0 aliphatic rings. The van der Waals surface area contributed by atoms with Crippen LogP contribution < -0.4 is 0 Å². The second-order valence-electron chi connectivity index (χ2n) is 8.81. The zero-order valence-electron chi connectivity index (χ0n) is 20.0. The molecule has 5 nitrogen and oxygen atoms in total. The molecule has 0 unspecified atom stereocenters. The van der Waals surface area contributed by atoms with Crippen LogP contribution in [-0.2, 0) is 9.53 Å². The number of rotatable bonds is 24. The summed E-state index contributed by atoms with van der Waals surface area (Å²) in [5, 5.41) is 26.2. The van der Waals surface area contributed by atoms with Crippen LogP contribution in [0.15, 0.2) is 0 Å². The van der Waals surface area contributed by atoms with Crippen molar-refractivity contribution < 1.29 is 19.7 Å². The molecule has 0 amide bonds. The highest BCUT2D eigenvalue weighted by Gasteiger charge is 2.19. The van der Waals surface area contributed by atoms with Crippen LogP contribution in [0.25, 0.3) is 0 Å². The van der Waals surface area contributed by atoms with E-state index in [0.717, 1.165) is 51.4 Å². The van der Waals surface area contributed by atoms with E-state index in [1.807, 2.05) is 0 Å². The molecule has 0 atom stereocenters. The third kappa shape index (κ3) is 21.9. The second-order valence-corrected chi connectivity index (χ2v) is 8.81. The number of aliphatic hydroxyl groups excluding tert-OH is 2. The third-order valence-electron chi connectivity index (χ3n) is 5.93. The summed E-state index contributed by atoms with van der Waals surface area (Å²) in [5.41, 5.74) is 0. The molecule has 0 saturated heterocycles. The number of carbonyl (C=O) groups is 1. The molecule has 0 spiro atoms. The van der Waals surface area contributed by atoms with Crippen molar-refractivity contribution in [2.24, 2.45) is 5.92 Å². The number of aliphatic hydroxyl groups is 2. The largest absolute Gasteiger partial charge is 0.465 e. The van der Waals surface area contributed by atoms with E-state index in [2.05, 4.69) is 6.07 Å². The molecule has 0 aromatic heterocycles. The van der Waals surface area contributed by atoms with Crippen molar-refractivity contribution in [3.8, 4) is 6.07 Å². The fourth-order valence-electron chi connectivity index (χ4n) is 3.95. The first-order chi connectivity index (χ1) is 15.3. The molecule has 5 heteroatoms. The zero-order valence-corrected chi connectivity index (χ0v) is 20.0. The first kappa shape index (κ1) is 29.9. The van der Waals surface area contributed by atoms with Crippen molar-refractivity contribution in [1.29, 1.82) is 5.26 Å². The van der Waals surface area contributed by atoms with Gasteiger partial charge in [0.1, 0.15) is 0 Å². The van der Waals surface area contributed by atoms with E-state index < -0.39 is 0 Å². The van der Waals surface area contributed by atoms with Gasteiger partial charge in [-0.1, -0.05) is 89.9 Å². The highest BCUT2D eigenvalue weighted by molar-refractivity contribution is 5.72. The summed E-state index contributed by atoms with van der Waals surface area (Å²) in [7, 11) is 0. The molecule has 0 aliphatic heterocycles. The maximum atomic E-state index is 12.5. The highest BCUT2D eigenvalue weighted by atomic mass is 16.5. The molecular weight excluding hydrogens is 390 g/mol. The van der Waals surface area contributed by atoms with Crippen molar-refractivity contribution in [1.82, 2.24) is 0 Å². The number of ether oxygens (including phenoxy) is 1. The van der Waals surface area contributed by atoms with Crippen LogP contribution in [0, 0.1) is 17.2 Å². The molecule has 0 saturated carbocycles. The Bertz CT molecular complexity index is 400. The van der Waals surface area contributed by atoms with Crippen molar-refractivity contribution in [2.45, 2.75) is 128 Å². The van der Waals surface area contributed by atoms with Gasteiger partial charge in [-0.2, -0.15) is 5.26 Å². The average Bonchev–Trinajstić information content (AvgIpc) is 2.78. The van der Waals surface area contributed by atoms with Crippen LogP contribution in [0.5, 0.6) is 0 Å². The number of nitriles is 1. The van der Waals surface area contributed by atoms with Crippen LogP contribution >= 0.6 is 0 Å². The third-order valence-corrected chi connectivity index (χ3v) is 5.93. The van der Waals surface area contributed by atoms with Gasteiger partial charge in [0.2, 0.25) is 0 Å². The Balaban J connectivity index is 3.97. The maximum absolute atomic E-state index is 12.5. The smallest absolute Gasteiger partial charge is 0.308 e. The van der Waals surface area contributed by atoms with Gasteiger partial charge in [0.15, 0.2) is 0 Å². The number of hydrogen-bond donors (Lipinski definition) is 2. The quantitative estimate of drug-likeness (QED) is 0.133. The summed E-state index contributed by atoms with van der Waals surface area (Å²) < 4.78 is 5.44. The first-order valence-corrected chi connectivity index (χ1v) is 13.0. The molecule has 31 heavy (non-hydrogen) atoms. The lowest BCUT2D eigenvalue weighted by Gasteiger charge is -2.16. The molecule has 0 radical (unpaired) electrons. The minimum absolute atomic E-state index is 0.0104. The summed E-state index contributed by atoms with van der Waals surface area (Å²) in [6, 6.07) is 2.09. The van der Waals surface area contributed by atoms with Gasteiger partial charge in [-0.15, -0.1) is 0 Å². The fraction of sp³-hybridized carbons (Fsp3) is 0.923. The van der Waals surface area contributed by atoms with Gasteiger partial charge in [0.05, 0.1) is 18.6 Å². The topological polar surface area (TPSA) is 90.5 Å². The summed E-state index contributed by atoms with van der Waals surface area (Å²) in [5.74, 6) is -0.0536. The van der Waals surface area contributed by atoms with E-state index in [9.17, 15) is 4.79 Å². The Kier molecular flexibility index (Phi) is 24.2. The fourth-order valence-corrected chi connectivity index (χ4v) is 3.95. The predicted octanol–water partition coefficient (Wildman–Crippen LogP) is 6.46. The maximum Gasteiger partial charge on any atom is 0.308 e. The van der Waals surface area contributed by atoms with Gasteiger partial charge < -0.3 is 14.9 Å². The van der Waals surface area contributed by atoms with E-state index in [4.69, 9.17) is 20.2 Å². The van der Waals surface area contributed by atoms with Crippen LogP contribution in [-0.4, -0.2) is 36.0 Å². The van der Waals surface area contributed by atoms with Crippen LogP contribution in [0.3, 0.4) is 0 Å². The van der Waals surface area contributed by atoms with E-state index in [0.29, 0.717) is 32.7 Å². The number of hydrogen-bond acceptors (Lipinski definition) is 5. The van der Waals surface area contributed by atoms with Crippen molar-refractivity contribution in [3.63, 3.8) is 0 Å². The molecule has 2 N–H and O–H groups in total. The Morgan fingerprint density at radius 3 is 1.42 bits per heavy atom. The Hall–Kier alpha value is -1.12. The van der Waals surface area contributed by atoms with Gasteiger partial charge in [0.25, 0.3) is 0 Å². The lowest BCUT2D eigenvalue weighted by Crippen LogP contribution is -2.18. The zero-order chi connectivity index (χ0) is 22.8. The van der Waals surface area contributed by atoms with Crippen molar-refractivity contribution >= 4 is 5.97 Å². The summed E-state index contributed by atoms with van der Waals surface area (Å²) in [6.07, 6.45) is 21.3. The van der Waals surface area contributed by atoms with Gasteiger partial charge in [-0.25, -0.2) is 0 Å². The summed E-state index contributed by atoms with van der Waals surface area (Å²) in [4.78, 5) is 12.5. The van der Waals surface area contributed by atoms with Crippen LogP contribution in [0.1, 0.15) is 128 Å². The molecule has 0 aromatic rings. The lowest BCUT2D eigenvalue weighted by molar-refractivity contribution is -0.149. The minimum Gasteiger partial charge on any atom is -0.465 e. The van der Waals surface area contributed by atoms with E-state index in [1.165, 1.54) is 64.2 Å². The Morgan fingerprint density at radius 2 is 1.03 bits per heavy atom. The second kappa shape index (κ2) is 25.1. The van der Waals surface area contributed by atoms with Crippen molar-refractivity contribution in [3.05, 3.63) is 0 Å². The standard InChI is InChI=1S/C26H49NO4/c27-21-15-18-24-31-26(30)25(19-13-9-5-1-3-7-11-16-22-28)20-14-10-6-2-4-8-12-17-23-29/h25,28-29H,1-20,22-24H2. The SMILES string of the molecule is N#CCCCOC(=O)C(CCCCCCCCCCO)CCCCCCCCCCO. The van der Waals surface area contributed by atoms with Gasteiger partial charge in [0, 0.05) is 19.6 Å². The van der Waals surface area contributed by atoms with E-state index in [-0.39, 0.29) is 11.9 Å². The van der Waals surface area contributed by atoms with Crippen LogP contribution in [0.2, 0.25) is 0 Å². The Labute approximate surface area is 191 Å². The number of carbonyl (C=O) groups excluding carboxylic acids is 1. The highest BCUT2D eigenvalue weighted by Crippen LogP contribution is 2.21. The summed E-state index contributed by atoms with van der Waals surface area (Å²) >= 11 is 0. The molecule has 0 aliphatic carbocycles. The summed E-state index contributed by atoms with van der Waals surface area (Å²) in [6.45, 7) is 0.974. The first-order valence-electron chi connectivity index (χ1n) is 13.0. The molecule has 0 fully saturated rings. The molecule has 0 aromatic carbocycles. The van der Waals surface area contributed by atoms with Gasteiger partial charge >= 0.3 is 5.97 Å². The van der Waals surface area contributed by atoms with E-state index in [1.54, 1.807) is 0 Å². The molecule has 182 valence electrons. The predicted molar refractivity (Wildman–Crippen MR) is 127 cm³/mol. The van der Waals surface area contributed by atoms with Gasteiger partial charge in [-0.05, 0) is 32.1 Å². The monoisotopic (exact) mass is 439 g/mol. The van der Waals surface area contributed by atoms with Crippen LogP contribution in [0.4, 0.5) is 0 Å². The van der Waals surface area contributed by atoms with Gasteiger partial charge in [-0.3, -0.25) is 4.79 Å². The minimum atomic E-state index is -0.0639. The lowest BCUT2D eigenvalue weighted by atomic mass is 9.94. The normalized spacial score (nSPS) is 11.0. The molecule has 0 bridgehead atoms. The molecule has 0 rings (SSSR count). The number of esters is 1. The average molecular weight is 440 g/mol. The number of nitrogens with zero attached hydrogens (tertiary/aromatic N) is 1.